The Morgan fingerprint density at radius 3 is 2.30 bits per heavy atom. The van der Waals surface area contributed by atoms with Crippen LogP contribution < -0.4 is 0 Å². The van der Waals surface area contributed by atoms with Gasteiger partial charge in [-0.15, -0.1) is 0 Å². The van der Waals surface area contributed by atoms with Crippen LogP contribution >= 0.6 is 0 Å². The topological polar surface area (TPSA) is 64.0 Å². The van der Waals surface area contributed by atoms with Gasteiger partial charge in [0.2, 0.25) is 0 Å². The van der Waals surface area contributed by atoms with Crippen LogP contribution in [0.5, 0.6) is 11.5 Å². The van der Waals surface area contributed by atoms with Crippen LogP contribution in [-0.2, 0) is 4.79 Å². The summed E-state index contributed by atoms with van der Waals surface area (Å²) in [5.41, 5.74) is 1.01. The molecule has 1 aromatic carbocycles. The van der Waals surface area contributed by atoms with E-state index >= 15 is 0 Å². The van der Waals surface area contributed by atoms with Crippen LogP contribution in [0, 0.1) is 0 Å². The molecule has 2 N–H and O–H groups in total. The van der Waals surface area contributed by atoms with E-state index in [4.69, 9.17) is 0 Å². The van der Waals surface area contributed by atoms with Crippen molar-refractivity contribution in [2.75, 3.05) is 13.6 Å². The van der Waals surface area contributed by atoms with Gasteiger partial charge in [-0.25, -0.2) is 0 Å². The molecular weight excluding hydrogens is 407 g/mol. The van der Waals surface area contributed by atoms with E-state index in [0.29, 0.717) is 17.8 Å². The fraction of sp³-hybridized carbons (Fsp3) is 0.524. The van der Waals surface area contributed by atoms with Crippen molar-refractivity contribution in [2.45, 2.75) is 58.3 Å². The monoisotopic (exact) mass is 438 g/mol. The SMILES string of the molecule is CCCCCCCCCCN1C(=O)C(=Cc2ccc(O)cc2O)N(C)C1=[Se]. The van der Waals surface area contributed by atoms with Gasteiger partial charge in [0.05, 0.1) is 0 Å². The van der Waals surface area contributed by atoms with E-state index in [1.165, 1.54) is 50.7 Å². The summed E-state index contributed by atoms with van der Waals surface area (Å²) in [5.74, 6) is -0.123. The quantitative estimate of drug-likeness (QED) is 0.334. The van der Waals surface area contributed by atoms with Crippen LogP contribution in [0.2, 0.25) is 0 Å². The third-order valence-corrected chi connectivity index (χ3v) is 5.92. The number of nitrogens with zero attached hydrogens (tertiary/aromatic N) is 2. The molecule has 0 radical (unpaired) electrons. The van der Waals surface area contributed by atoms with Crippen molar-refractivity contribution in [3.63, 3.8) is 0 Å². The Balaban J connectivity index is 1.90. The number of hydrogen-bond donors (Lipinski definition) is 2. The molecule has 0 atom stereocenters. The number of hydrogen-bond acceptors (Lipinski definition) is 4. The number of benzene rings is 1. The number of carbonyl (C=O) groups is 1. The third kappa shape index (κ3) is 5.85. The van der Waals surface area contributed by atoms with Gasteiger partial charge in [0.25, 0.3) is 0 Å². The molecule has 1 amide bonds. The molecule has 1 aromatic rings. The van der Waals surface area contributed by atoms with E-state index in [0.717, 1.165) is 17.5 Å². The molecule has 1 aliphatic rings. The molecule has 0 spiro atoms. The van der Waals surface area contributed by atoms with E-state index in [-0.39, 0.29) is 17.4 Å². The summed E-state index contributed by atoms with van der Waals surface area (Å²) in [5, 5.41) is 19.4. The van der Waals surface area contributed by atoms with Crippen LogP contribution in [0.1, 0.15) is 63.9 Å². The van der Waals surface area contributed by atoms with Gasteiger partial charge in [0.15, 0.2) is 0 Å². The molecule has 0 saturated carbocycles. The summed E-state index contributed by atoms with van der Waals surface area (Å²) in [7, 11) is 1.83. The Morgan fingerprint density at radius 2 is 1.67 bits per heavy atom. The maximum absolute atomic E-state index is 12.8. The number of aromatic hydroxyl groups is 2. The number of likely N-dealkylation sites (N-methyl/N-ethyl adjacent to an activating group) is 1. The number of unbranched alkanes of at least 4 members (excludes halogenated alkanes) is 7. The van der Waals surface area contributed by atoms with Crippen molar-refractivity contribution < 1.29 is 15.0 Å². The summed E-state index contributed by atoms with van der Waals surface area (Å²) in [6.45, 7) is 2.92. The Labute approximate surface area is 170 Å². The van der Waals surface area contributed by atoms with Crippen LogP contribution in [0.15, 0.2) is 23.9 Å². The average Bonchev–Trinajstić information content (AvgIpc) is 2.83. The van der Waals surface area contributed by atoms with Crippen molar-refractivity contribution >= 4 is 32.2 Å². The predicted molar refractivity (Wildman–Crippen MR) is 111 cm³/mol. The summed E-state index contributed by atoms with van der Waals surface area (Å²) in [6, 6.07) is 4.36. The van der Waals surface area contributed by atoms with Crippen molar-refractivity contribution in [1.29, 1.82) is 0 Å². The molecule has 1 heterocycles. The second kappa shape index (κ2) is 10.5. The molecule has 148 valence electrons. The van der Waals surface area contributed by atoms with E-state index in [1.807, 2.05) is 7.05 Å². The summed E-state index contributed by atoms with van der Waals surface area (Å²) in [6.07, 6.45) is 11.5. The first kappa shape index (κ1) is 21.5. The van der Waals surface area contributed by atoms with Crippen LogP contribution in [0.3, 0.4) is 0 Å². The Hall–Kier alpha value is -1.78. The molecule has 0 aromatic heterocycles. The number of amides is 1. The number of phenolic OH excluding ortho intramolecular Hbond substituents is 2. The minimum absolute atomic E-state index is 0.00634. The molecule has 1 aliphatic heterocycles. The van der Waals surface area contributed by atoms with Crippen LogP contribution in [0.25, 0.3) is 6.08 Å². The number of phenols is 2. The Kier molecular flexibility index (Phi) is 8.39. The van der Waals surface area contributed by atoms with E-state index in [9.17, 15) is 15.0 Å². The molecule has 6 heteroatoms. The second-order valence-electron chi connectivity index (χ2n) is 7.05. The normalized spacial score (nSPS) is 16.0. The molecule has 2 rings (SSSR count). The molecule has 1 fully saturated rings. The molecule has 0 aliphatic carbocycles. The van der Waals surface area contributed by atoms with Gasteiger partial charge in [0, 0.05) is 0 Å². The second-order valence-corrected chi connectivity index (χ2v) is 7.81. The van der Waals surface area contributed by atoms with Gasteiger partial charge in [-0.1, -0.05) is 0 Å². The Morgan fingerprint density at radius 1 is 1.04 bits per heavy atom. The molecule has 0 bridgehead atoms. The average molecular weight is 437 g/mol. The van der Waals surface area contributed by atoms with Gasteiger partial charge in [-0.3, -0.25) is 0 Å². The maximum atomic E-state index is 12.8. The van der Waals surface area contributed by atoms with Gasteiger partial charge >= 0.3 is 170 Å². The van der Waals surface area contributed by atoms with Crippen molar-refractivity contribution in [3.8, 4) is 11.5 Å². The fourth-order valence-corrected chi connectivity index (χ4v) is 3.79. The van der Waals surface area contributed by atoms with Crippen molar-refractivity contribution in [3.05, 3.63) is 29.5 Å². The Bertz CT molecular complexity index is 703. The zero-order valence-corrected chi connectivity index (χ0v) is 18.0. The third-order valence-electron chi connectivity index (χ3n) is 4.88. The molecule has 27 heavy (non-hydrogen) atoms. The van der Waals surface area contributed by atoms with Gasteiger partial charge in [-0.2, -0.15) is 0 Å². The first-order chi connectivity index (χ1) is 13.0. The van der Waals surface area contributed by atoms with Gasteiger partial charge in [0.1, 0.15) is 0 Å². The standard InChI is InChI=1S/C21H30N2O3Se/c1-3-4-5-6-7-8-9-10-13-23-20(26)18(22(2)21(23)27)14-16-11-12-17(24)15-19(16)25/h11-12,14-15,24-25H,3-10,13H2,1-2H3. The van der Waals surface area contributed by atoms with Gasteiger partial charge < -0.3 is 0 Å². The number of rotatable bonds is 10. The predicted octanol–water partition coefficient (Wildman–Crippen LogP) is 3.61. The first-order valence-corrected chi connectivity index (χ1v) is 10.6. The molecule has 1 saturated heterocycles. The van der Waals surface area contributed by atoms with E-state index in [1.54, 1.807) is 21.9 Å². The van der Waals surface area contributed by atoms with Crippen molar-refractivity contribution in [1.82, 2.24) is 9.80 Å². The number of carbonyl (C=O) groups excluding carboxylic acids is 1. The molecule has 0 unspecified atom stereocenters. The summed E-state index contributed by atoms with van der Waals surface area (Å²) < 4.78 is 0.785. The zero-order chi connectivity index (χ0) is 19.8. The minimum atomic E-state index is -0.0679. The fourth-order valence-electron chi connectivity index (χ4n) is 3.21. The first-order valence-electron chi connectivity index (χ1n) is 9.79. The van der Waals surface area contributed by atoms with E-state index < -0.39 is 0 Å². The van der Waals surface area contributed by atoms with Crippen LogP contribution in [0.4, 0.5) is 0 Å². The van der Waals surface area contributed by atoms with E-state index in [2.05, 4.69) is 22.5 Å². The van der Waals surface area contributed by atoms with Crippen LogP contribution in [-0.4, -0.2) is 59.8 Å². The summed E-state index contributed by atoms with van der Waals surface area (Å²) in [4.78, 5) is 16.4. The molecule has 5 nitrogen and oxygen atoms in total. The molecular formula is C21H30N2O3Se. The van der Waals surface area contributed by atoms with Gasteiger partial charge in [-0.05, 0) is 0 Å². The zero-order valence-electron chi connectivity index (χ0n) is 16.3. The summed E-state index contributed by atoms with van der Waals surface area (Å²) >= 11 is 2.99. The van der Waals surface area contributed by atoms with Crippen molar-refractivity contribution in [2.24, 2.45) is 0 Å².